The summed E-state index contributed by atoms with van der Waals surface area (Å²) >= 11 is 25.8. The first-order chi connectivity index (χ1) is 17.5. The Kier molecular flexibility index (Phi) is 7.64. The van der Waals surface area contributed by atoms with Crippen LogP contribution in [-0.4, -0.2) is 20.6 Å². The van der Waals surface area contributed by atoms with E-state index in [9.17, 15) is 18.4 Å². The standard InChI is InChI=1S/C26H18Cl4F2IN2O2/c27-14-8-12(20-5-6-33-20)7-13(9-14)22-23(26(22,29)30)25(37)34-16-2-4-18(28)21(11-16)35-24(36)17-3-1-15(31)10-19(17)32/h1-4,7-11,20,22-23H,5-6H2,(H,34,37)(H,35,36)/q-1. The van der Waals surface area contributed by atoms with Crippen LogP contribution in [0, 0.1) is 17.6 Å². The van der Waals surface area contributed by atoms with Crippen LogP contribution >= 0.6 is 46.4 Å². The number of hydrogen-bond donors (Lipinski definition) is 2. The molecular formula is C26H18Cl4F2IN2O2-. The average molecular weight is 697 g/mol. The van der Waals surface area contributed by atoms with Gasteiger partial charge in [-0.25, -0.2) is 8.78 Å². The van der Waals surface area contributed by atoms with E-state index >= 15 is 0 Å². The first kappa shape index (κ1) is 26.9. The molecule has 0 bridgehead atoms. The van der Waals surface area contributed by atoms with Crippen LogP contribution in [0.1, 0.15) is 37.7 Å². The van der Waals surface area contributed by atoms with Gasteiger partial charge in [0.15, 0.2) is 0 Å². The molecule has 0 spiro atoms. The summed E-state index contributed by atoms with van der Waals surface area (Å²) in [5.74, 6) is -4.20. The number of hydrogen-bond acceptors (Lipinski definition) is 2. The minimum absolute atomic E-state index is 0.126. The van der Waals surface area contributed by atoms with Crippen molar-refractivity contribution in [2.24, 2.45) is 5.92 Å². The van der Waals surface area contributed by atoms with Gasteiger partial charge in [0.2, 0.25) is 0 Å². The van der Waals surface area contributed by atoms with Gasteiger partial charge in [-0.2, -0.15) is 0 Å². The first-order valence-corrected chi connectivity index (χ1v) is 15.5. The number of rotatable bonds is 6. The SMILES string of the molecule is O=C(Nc1cc(NC(=O)C2C(c3cc(Cl)cc(C4CC[I-]4)c3)C2(Cl)Cl)ccc1Cl)c1ccc(F)cc1F. The summed E-state index contributed by atoms with van der Waals surface area (Å²) in [7, 11) is 0. The van der Waals surface area contributed by atoms with Crippen molar-refractivity contribution in [2.45, 2.75) is 20.6 Å². The van der Waals surface area contributed by atoms with E-state index in [-0.39, 0.29) is 37.5 Å². The number of amides is 2. The van der Waals surface area contributed by atoms with Crippen molar-refractivity contribution in [1.82, 2.24) is 0 Å². The van der Waals surface area contributed by atoms with E-state index in [1.165, 1.54) is 22.1 Å². The van der Waals surface area contributed by atoms with Crippen molar-refractivity contribution in [3.05, 3.63) is 93.0 Å². The van der Waals surface area contributed by atoms with Crippen molar-refractivity contribution >= 4 is 69.6 Å². The molecule has 0 aromatic heterocycles. The molecule has 3 aromatic carbocycles. The average Bonchev–Trinajstić information content (AvgIpc) is 3.36. The second-order valence-electron chi connectivity index (χ2n) is 8.81. The van der Waals surface area contributed by atoms with Gasteiger partial charge in [0.05, 0.1) is 5.56 Å². The smallest absolute Gasteiger partial charge is 0.207 e. The third-order valence-electron chi connectivity index (χ3n) is 6.32. The molecule has 5 rings (SSSR count). The van der Waals surface area contributed by atoms with Crippen LogP contribution in [0.25, 0.3) is 0 Å². The molecule has 3 aromatic rings. The fraction of sp³-hybridized carbons (Fsp3) is 0.231. The Morgan fingerprint density at radius 1 is 0.946 bits per heavy atom. The van der Waals surface area contributed by atoms with Gasteiger partial charge >= 0.3 is 177 Å². The maximum atomic E-state index is 14.0. The number of anilines is 2. The topological polar surface area (TPSA) is 58.2 Å². The van der Waals surface area contributed by atoms with Gasteiger partial charge in [0, 0.05) is 6.07 Å². The maximum absolute atomic E-state index is 14.0. The van der Waals surface area contributed by atoms with Gasteiger partial charge in [-0.15, -0.1) is 0 Å². The molecule has 1 aliphatic heterocycles. The van der Waals surface area contributed by atoms with Gasteiger partial charge in [0.1, 0.15) is 11.6 Å². The predicted octanol–water partition coefficient (Wildman–Crippen LogP) is 4.58. The van der Waals surface area contributed by atoms with Crippen molar-refractivity contribution in [3.63, 3.8) is 0 Å². The van der Waals surface area contributed by atoms with Crippen molar-refractivity contribution in [2.75, 3.05) is 15.1 Å². The summed E-state index contributed by atoms with van der Waals surface area (Å²) in [5, 5.41) is 6.00. The van der Waals surface area contributed by atoms with Crippen LogP contribution in [0.15, 0.2) is 54.6 Å². The molecule has 1 heterocycles. The summed E-state index contributed by atoms with van der Waals surface area (Å²) in [6.07, 6.45) is 1.15. The van der Waals surface area contributed by atoms with E-state index in [0.717, 1.165) is 24.1 Å². The molecule has 37 heavy (non-hydrogen) atoms. The Labute approximate surface area is 242 Å². The summed E-state index contributed by atoms with van der Waals surface area (Å²) in [6, 6.07) is 12.9. The van der Waals surface area contributed by atoms with E-state index in [0.29, 0.717) is 20.7 Å². The molecule has 3 unspecified atom stereocenters. The minimum atomic E-state index is -1.30. The molecular weight excluding hydrogens is 679 g/mol. The second kappa shape index (κ2) is 10.5. The number of benzene rings is 3. The van der Waals surface area contributed by atoms with Gasteiger partial charge in [-0.05, 0) is 12.1 Å². The molecule has 1 saturated heterocycles. The molecule has 1 aliphatic carbocycles. The molecule has 194 valence electrons. The minimum Gasteiger partial charge on any atom is -0.207 e. The Morgan fingerprint density at radius 2 is 1.68 bits per heavy atom. The van der Waals surface area contributed by atoms with E-state index in [1.54, 1.807) is 12.1 Å². The molecule has 1 saturated carbocycles. The number of carbonyl (C=O) groups excluding carboxylic acids is 2. The molecule has 11 heteroatoms. The van der Waals surface area contributed by atoms with E-state index in [2.05, 4.69) is 16.7 Å². The van der Waals surface area contributed by atoms with Gasteiger partial charge in [0.25, 0.3) is 5.91 Å². The monoisotopic (exact) mass is 695 g/mol. The first-order valence-electron chi connectivity index (χ1n) is 11.2. The van der Waals surface area contributed by atoms with Crippen LogP contribution in [0.5, 0.6) is 0 Å². The molecule has 0 radical (unpaired) electrons. The zero-order chi connectivity index (χ0) is 26.5. The fourth-order valence-corrected chi connectivity index (χ4v) is 7.68. The summed E-state index contributed by atoms with van der Waals surface area (Å²) in [5.41, 5.74) is 2.10. The zero-order valence-electron chi connectivity index (χ0n) is 18.8. The van der Waals surface area contributed by atoms with Crippen molar-refractivity contribution in [1.29, 1.82) is 0 Å². The third kappa shape index (κ3) is 5.57. The van der Waals surface area contributed by atoms with E-state index in [1.807, 2.05) is 6.07 Å². The van der Waals surface area contributed by atoms with E-state index in [4.69, 9.17) is 46.4 Å². The quantitative estimate of drug-likeness (QED) is 0.293. The molecule has 2 N–H and O–H groups in total. The van der Waals surface area contributed by atoms with Gasteiger partial charge in [-0.1, -0.05) is 11.6 Å². The number of halogens is 7. The number of nitrogens with one attached hydrogen (secondary N) is 2. The van der Waals surface area contributed by atoms with Crippen molar-refractivity contribution in [3.8, 4) is 0 Å². The van der Waals surface area contributed by atoms with Crippen LogP contribution in [0.2, 0.25) is 10.0 Å². The fourth-order valence-electron chi connectivity index (χ4n) is 4.32. The van der Waals surface area contributed by atoms with Crippen LogP contribution in [-0.2, 0) is 4.79 Å². The molecule has 4 nitrogen and oxygen atoms in total. The predicted molar refractivity (Wildman–Crippen MR) is 139 cm³/mol. The van der Waals surface area contributed by atoms with Gasteiger partial charge < -0.3 is 0 Å². The van der Waals surface area contributed by atoms with Crippen LogP contribution in [0.4, 0.5) is 20.2 Å². The molecule has 2 fully saturated rings. The molecule has 3 atom stereocenters. The zero-order valence-corrected chi connectivity index (χ0v) is 24.0. The van der Waals surface area contributed by atoms with Gasteiger partial charge in [-0.3, -0.25) is 4.79 Å². The summed E-state index contributed by atoms with van der Waals surface area (Å²) in [6.45, 7) is 0. The molecule has 2 amide bonds. The molecule has 2 aliphatic rings. The Bertz CT molecular complexity index is 1420. The number of carbonyl (C=O) groups is 2. The second-order valence-corrected chi connectivity index (χ2v) is 14.6. The Morgan fingerprint density at radius 3 is 2.35 bits per heavy atom. The van der Waals surface area contributed by atoms with Crippen molar-refractivity contribution < 1.29 is 39.6 Å². The Hall–Kier alpha value is -1.65. The van der Waals surface area contributed by atoms with Crippen LogP contribution in [0.3, 0.4) is 0 Å². The normalized spacial score (nSPS) is 21.8. The Balaban J connectivity index is 1.31. The summed E-state index contributed by atoms with van der Waals surface area (Å²) in [4.78, 5) is 25.6. The van der Waals surface area contributed by atoms with Crippen LogP contribution < -0.4 is 31.8 Å². The summed E-state index contributed by atoms with van der Waals surface area (Å²) < 4.78 is 27.7. The third-order valence-corrected chi connectivity index (χ3v) is 11.5. The van der Waals surface area contributed by atoms with E-state index < -0.39 is 39.6 Å². The number of alkyl halides is 4.